The van der Waals surface area contributed by atoms with Gasteiger partial charge in [0.2, 0.25) is 0 Å². The molecule has 124 valence electrons. The van der Waals surface area contributed by atoms with Crippen LogP contribution in [-0.4, -0.2) is 50.6 Å². The molecule has 2 aliphatic rings. The maximum absolute atomic E-state index is 12.6. The van der Waals surface area contributed by atoms with E-state index in [2.05, 4.69) is 12.2 Å². The maximum atomic E-state index is 12.6. The Morgan fingerprint density at radius 3 is 2.57 bits per heavy atom. The number of rotatable bonds is 4. The van der Waals surface area contributed by atoms with E-state index in [0.717, 1.165) is 43.4 Å². The molecule has 0 unspecified atom stereocenters. The number of allylic oxidation sites excluding steroid dienone is 2. The summed E-state index contributed by atoms with van der Waals surface area (Å²) in [7, 11) is 1.64. The highest BCUT2D eigenvalue weighted by atomic mass is 16.5. The van der Waals surface area contributed by atoms with Gasteiger partial charge in [0.1, 0.15) is 5.75 Å². The first kappa shape index (κ1) is 16.1. The molecule has 0 saturated carbocycles. The van der Waals surface area contributed by atoms with Crippen LogP contribution >= 0.6 is 0 Å². The third-order valence-electron chi connectivity index (χ3n) is 5.05. The number of ether oxygens (including phenoxy) is 1. The molecule has 1 atom stereocenters. The van der Waals surface area contributed by atoms with Gasteiger partial charge < -0.3 is 14.5 Å². The first-order valence-corrected chi connectivity index (χ1v) is 8.68. The van der Waals surface area contributed by atoms with Gasteiger partial charge in [0.05, 0.1) is 39.8 Å². The lowest BCUT2D eigenvalue weighted by Gasteiger charge is -2.34. The molecule has 1 aliphatic carbocycles. The number of hydrogen-bond acceptors (Lipinski definition) is 2. The Labute approximate surface area is 138 Å². The van der Waals surface area contributed by atoms with Gasteiger partial charge in [-0.25, -0.2) is 0 Å². The second-order valence-corrected chi connectivity index (χ2v) is 6.63. The normalized spacial score (nSPS) is 22.1. The molecule has 0 aromatic heterocycles. The van der Waals surface area contributed by atoms with Crippen LogP contribution in [-0.2, 0) is 0 Å². The minimum Gasteiger partial charge on any atom is -0.497 e. The number of nitrogens with one attached hydrogen (secondary N) is 1. The number of carbonyl (C=O) groups excluding carboxylic acids is 1. The first-order chi connectivity index (χ1) is 11.3. The molecule has 1 amide bonds. The average molecular weight is 315 g/mol. The van der Waals surface area contributed by atoms with Crippen molar-refractivity contribution in [3.8, 4) is 5.75 Å². The van der Waals surface area contributed by atoms with Crippen molar-refractivity contribution in [1.82, 2.24) is 4.90 Å². The largest absolute Gasteiger partial charge is 0.497 e. The van der Waals surface area contributed by atoms with Crippen LogP contribution in [0.2, 0.25) is 0 Å². The lowest BCUT2D eigenvalue weighted by atomic mass is 9.94. The summed E-state index contributed by atoms with van der Waals surface area (Å²) in [5, 5.41) is 0. The molecule has 1 aromatic rings. The van der Waals surface area contributed by atoms with E-state index in [1.165, 1.54) is 25.8 Å². The summed E-state index contributed by atoms with van der Waals surface area (Å²) in [5.41, 5.74) is 0.756. The summed E-state index contributed by atoms with van der Waals surface area (Å²) in [6, 6.07) is 7.42. The summed E-state index contributed by atoms with van der Waals surface area (Å²) in [4.78, 5) is 16.2. The lowest BCUT2D eigenvalue weighted by molar-refractivity contribution is -0.907. The average Bonchev–Trinajstić information content (AvgIpc) is 2.63. The molecule has 1 saturated heterocycles. The highest BCUT2D eigenvalue weighted by molar-refractivity contribution is 5.94. The smallest absolute Gasteiger partial charge is 0.254 e. The maximum Gasteiger partial charge on any atom is 0.254 e. The second-order valence-electron chi connectivity index (χ2n) is 6.63. The number of benzene rings is 1. The summed E-state index contributed by atoms with van der Waals surface area (Å²) in [6.45, 7) is 5.13. The molecule has 0 spiro atoms. The van der Waals surface area contributed by atoms with Crippen molar-refractivity contribution in [3.05, 3.63) is 42.0 Å². The van der Waals surface area contributed by atoms with E-state index in [0.29, 0.717) is 0 Å². The van der Waals surface area contributed by atoms with Gasteiger partial charge in [-0.05, 0) is 43.5 Å². The number of amides is 1. The number of nitrogens with zero attached hydrogens (tertiary/aromatic N) is 1. The molecule has 1 aliphatic heterocycles. The number of carbonyl (C=O) groups is 1. The van der Waals surface area contributed by atoms with Gasteiger partial charge in [0.25, 0.3) is 5.91 Å². The van der Waals surface area contributed by atoms with E-state index in [1.54, 1.807) is 12.0 Å². The molecule has 0 radical (unpaired) electrons. The first-order valence-electron chi connectivity index (χ1n) is 8.68. The van der Waals surface area contributed by atoms with Gasteiger partial charge in [0, 0.05) is 11.5 Å². The predicted octanol–water partition coefficient (Wildman–Crippen LogP) is 1.39. The molecule has 1 heterocycles. The minimum absolute atomic E-state index is 0.146. The summed E-state index contributed by atoms with van der Waals surface area (Å²) >= 11 is 0. The molecule has 3 rings (SSSR count). The molecule has 4 heteroatoms. The molecule has 1 aromatic carbocycles. The highest BCUT2D eigenvalue weighted by Gasteiger charge is 2.26. The number of quaternary nitrogens is 1. The van der Waals surface area contributed by atoms with Crippen LogP contribution in [0, 0.1) is 5.92 Å². The van der Waals surface area contributed by atoms with Crippen LogP contribution < -0.4 is 9.64 Å². The Balaban J connectivity index is 1.49. The zero-order valence-electron chi connectivity index (χ0n) is 14.0. The van der Waals surface area contributed by atoms with Crippen molar-refractivity contribution in [3.63, 3.8) is 0 Å². The van der Waals surface area contributed by atoms with Crippen molar-refractivity contribution in [2.75, 3.05) is 39.8 Å². The van der Waals surface area contributed by atoms with Crippen molar-refractivity contribution in [1.29, 1.82) is 0 Å². The molecular formula is C19H27N2O2+. The lowest BCUT2D eigenvalue weighted by Crippen LogP contribution is -3.15. The van der Waals surface area contributed by atoms with Crippen LogP contribution in [0.25, 0.3) is 0 Å². The summed E-state index contributed by atoms with van der Waals surface area (Å²) in [6.07, 6.45) is 8.43. The van der Waals surface area contributed by atoms with Crippen LogP contribution in [0.5, 0.6) is 5.75 Å². The molecule has 0 bridgehead atoms. The fraction of sp³-hybridized carbons (Fsp3) is 0.526. The Kier molecular flexibility index (Phi) is 5.34. The predicted molar refractivity (Wildman–Crippen MR) is 90.9 cm³/mol. The number of methoxy groups -OCH3 is 1. The Morgan fingerprint density at radius 2 is 1.96 bits per heavy atom. The number of piperazine rings is 1. The zero-order valence-corrected chi connectivity index (χ0v) is 14.0. The van der Waals surface area contributed by atoms with Crippen LogP contribution in [0.4, 0.5) is 0 Å². The quantitative estimate of drug-likeness (QED) is 0.852. The van der Waals surface area contributed by atoms with Crippen LogP contribution in [0.15, 0.2) is 36.4 Å². The number of hydrogen-bond donors (Lipinski definition) is 1. The zero-order chi connectivity index (χ0) is 16.1. The third kappa shape index (κ3) is 4.14. The molecule has 4 nitrogen and oxygen atoms in total. The van der Waals surface area contributed by atoms with Crippen LogP contribution in [0.1, 0.15) is 29.6 Å². The van der Waals surface area contributed by atoms with E-state index in [-0.39, 0.29) is 5.91 Å². The van der Waals surface area contributed by atoms with Crippen LogP contribution in [0.3, 0.4) is 0 Å². The monoisotopic (exact) mass is 315 g/mol. The van der Waals surface area contributed by atoms with E-state index in [1.807, 2.05) is 29.2 Å². The van der Waals surface area contributed by atoms with E-state index in [9.17, 15) is 4.79 Å². The SMILES string of the molecule is COc1ccc(C(=O)N2CC[NH+](C[C@H]3CC=CCC3)CC2)cc1. The third-order valence-corrected chi connectivity index (χ3v) is 5.05. The van der Waals surface area contributed by atoms with E-state index in [4.69, 9.17) is 4.74 Å². The molecule has 1 N–H and O–H groups in total. The second kappa shape index (κ2) is 7.64. The van der Waals surface area contributed by atoms with Crippen molar-refractivity contribution >= 4 is 5.91 Å². The summed E-state index contributed by atoms with van der Waals surface area (Å²) < 4.78 is 5.15. The standard InChI is InChI=1S/C19H26N2O2/c1-23-18-9-7-17(8-10-18)19(22)21-13-11-20(12-14-21)15-16-5-3-2-4-6-16/h2-3,7-10,16H,4-6,11-15H2,1H3/p+1/t16-/m0/s1. The molecule has 1 fully saturated rings. The summed E-state index contributed by atoms with van der Waals surface area (Å²) in [5.74, 6) is 1.77. The Morgan fingerprint density at radius 1 is 1.22 bits per heavy atom. The topological polar surface area (TPSA) is 34.0 Å². The van der Waals surface area contributed by atoms with Gasteiger partial charge >= 0.3 is 0 Å². The van der Waals surface area contributed by atoms with Gasteiger partial charge in [-0.2, -0.15) is 0 Å². The van der Waals surface area contributed by atoms with Crippen molar-refractivity contribution < 1.29 is 14.4 Å². The van der Waals surface area contributed by atoms with Gasteiger partial charge in [-0.1, -0.05) is 12.2 Å². The van der Waals surface area contributed by atoms with Gasteiger partial charge in [-0.3, -0.25) is 4.79 Å². The molecular weight excluding hydrogens is 288 g/mol. The Hall–Kier alpha value is -1.81. The fourth-order valence-electron chi connectivity index (χ4n) is 3.60. The molecule has 23 heavy (non-hydrogen) atoms. The van der Waals surface area contributed by atoms with Crippen molar-refractivity contribution in [2.45, 2.75) is 19.3 Å². The van der Waals surface area contributed by atoms with Crippen molar-refractivity contribution in [2.24, 2.45) is 5.92 Å². The van der Waals surface area contributed by atoms with Gasteiger partial charge in [0.15, 0.2) is 0 Å². The highest BCUT2D eigenvalue weighted by Crippen LogP contribution is 2.16. The fourth-order valence-corrected chi connectivity index (χ4v) is 3.60. The van der Waals surface area contributed by atoms with E-state index >= 15 is 0 Å². The minimum atomic E-state index is 0.146. The van der Waals surface area contributed by atoms with E-state index < -0.39 is 0 Å². The van der Waals surface area contributed by atoms with Gasteiger partial charge in [-0.15, -0.1) is 0 Å². The Bertz CT molecular complexity index is 545.